The fraction of sp³-hybridized carbons (Fsp3) is 0.857. The molecule has 0 spiro atoms. The maximum Gasteiger partial charge on any atom is 0.246 e. The van der Waals surface area contributed by atoms with Crippen LogP contribution in [-0.4, -0.2) is 35.3 Å². The first-order valence-electron chi connectivity index (χ1n) is 7.21. The molecule has 0 aromatic heterocycles. The number of hydrogen-bond donors (Lipinski definition) is 1. The highest BCUT2D eigenvalue weighted by Crippen LogP contribution is 2.45. The minimum absolute atomic E-state index is 0.0580. The molecular weight excluding hydrogens is 228 g/mol. The summed E-state index contributed by atoms with van der Waals surface area (Å²) in [5.74, 6) is 1.15. The van der Waals surface area contributed by atoms with E-state index in [-0.39, 0.29) is 18.4 Å². The molecule has 3 aliphatic rings. The first-order valence-corrected chi connectivity index (χ1v) is 7.21. The molecule has 0 aromatic rings. The molecule has 3 rings (SSSR count). The van der Waals surface area contributed by atoms with Crippen LogP contribution in [0.1, 0.15) is 45.4 Å². The Kier molecular flexibility index (Phi) is 2.83. The molecule has 2 saturated carbocycles. The quantitative estimate of drug-likeness (QED) is 0.821. The molecule has 18 heavy (non-hydrogen) atoms. The third-order valence-electron chi connectivity index (χ3n) is 5.01. The van der Waals surface area contributed by atoms with E-state index in [1.54, 1.807) is 0 Å². The molecule has 3 fully saturated rings. The smallest absolute Gasteiger partial charge is 0.246 e. The maximum absolute atomic E-state index is 12.2. The highest BCUT2D eigenvalue weighted by molar-refractivity contribution is 5.98. The molecule has 100 valence electrons. The van der Waals surface area contributed by atoms with Gasteiger partial charge in [-0.25, -0.2) is 0 Å². The van der Waals surface area contributed by atoms with E-state index in [2.05, 4.69) is 5.32 Å². The SMILES string of the molecule is CC1(C2CC2)C(=O)NCC(=O)N1CC1CCCC1. The number of rotatable bonds is 3. The lowest BCUT2D eigenvalue weighted by molar-refractivity contribution is -0.155. The lowest BCUT2D eigenvalue weighted by Gasteiger charge is -2.45. The standard InChI is InChI=1S/C14H22N2O2/c1-14(11-6-7-11)13(18)15-8-12(17)16(14)9-10-4-2-3-5-10/h10-11H,2-9H2,1H3,(H,15,18). The molecule has 1 N–H and O–H groups in total. The van der Waals surface area contributed by atoms with Gasteiger partial charge in [-0.05, 0) is 44.4 Å². The largest absolute Gasteiger partial charge is 0.345 e. The predicted molar refractivity (Wildman–Crippen MR) is 67.8 cm³/mol. The number of carbonyl (C=O) groups excluding carboxylic acids is 2. The summed E-state index contributed by atoms with van der Waals surface area (Å²) in [5.41, 5.74) is -0.572. The average molecular weight is 250 g/mol. The Hall–Kier alpha value is -1.06. The summed E-state index contributed by atoms with van der Waals surface area (Å²) in [6, 6.07) is 0. The van der Waals surface area contributed by atoms with Crippen molar-refractivity contribution in [2.75, 3.05) is 13.1 Å². The molecule has 0 aromatic carbocycles. The van der Waals surface area contributed by atoms with Crippen molar-refractivity contribution in [3.8, 4) is 0 Å². The van der Waals surface area contributed by atoms with Gasteiger partial charge in [0, 0.05) is 6.54 Å². The second-order valence-electron chi connectivity index (χ2n) is 6.26. The van der Waals surface area contributed by atoms with Gasteiger partial charge in [-0.1, -0.05) is 12.8 Å². The molecule has 1 atom stereocenters. The first-order chi connectivity index (χ1) is 8.62. The highest BCUT2D eigenvalue weighted by atomic mass is 16.2. The summed E-state index contributed by atoms with van der Waals surface area (Å²) in [5, 5.41) is 2.77. The van der Waals surface area contributed by atoms with Gasteiger partial charge in [0.05, 0.1) is 6.54 Å². The molecule has 4 nitrogen and oxygen atoms in total. The van der Waals surface area contributed by atoms with Gasteiger partial charge in [0.2, 0.25) is 11.8 Å². The third-order valence-corrected chi connectivity index (χ3v) is 5.01. The van der Waals surface area contributed by atoms with Gasteiger partial charge in [0.25, 0.3) is 0 Å². The van der Waals surface area contributed by atoms with E-state index in [9.17, 15) is 9.59 Å². The zero-order chi connectivity index (χ0) is 12.8. The predicted octanol–water partition coefficient (Wildman–Crippen LogP) is 1.30. The summed E-state index contributed by atoms with van der Waals surface area (Å²) < 4.78 is 0. The van der Waals surface area contributed by atoms with E-state index in [0.717, 1.165) is 19.4 Å². The molecule has 1 heterocycles. The fourth-order valence-electron chi connectivity index (χ4n) is 3.61. The molecule has 2 aliphatic carbocycles. The molecule has 1 saturated heterocycles. The van der Waals surface area contributed by atoms with Crippen LogP contribution in [-0.2, 0) is 9.59 Å². The minimum atomic E-state index is -0.572. The van der Waals surface area contributed by atoms with E-state index in [1.165, 1.54) is 25.7 Å². The summed E-state index contributed by atoms with van der Waals surface area (Å²) >= 11 is 0. The summed E-state index contributed by atoms with van der Waals surface area (Å²) in [4.78, 5) is 26.3. The fourth-order valence-corrected chi connectivity index (χ4v) is 3.61. The van der Waals surface area contributed by atoms with Crippen molar-refractivity contribution in [2.45, 2.75) is 51.0 Å². The monoisotopic (exact) mass is 250 g/mol. The molecule has 4 heteroatoms. The van der Waals surface area contributed by atoms with Gasteiger partial charge in [0.15, 0.2) is 0 Å². The van der Waals surface area contributed by atoms with Gasteiger partial charge in [0.1, 0.15) is 5.54 Å². The van der Waals surface area contributed by atoms with Crippen molar-refractivity contribution in [1.29, 1.82) is 0 Å². The van der Waals surface area contributed by atoms with Crippen LogP contribution in [0.25, 0.3) is 0 Å². The topological polar surface area (TPSA) is 49.4 Å². The Morgan fingerprint density at radius 1 is 1.22 bits per heavy atom. The van der Waals surface area contributed by atoms with Crippen LogP contribution >= 0.6 is 0 Å². The van der Waals surface area contributed by atoms with E-state index >= 15 is 0 Å². The minimum Gasteiger partial charge on any atom is -0.345 e. The van der Waals surface area contributed by atoms with Crippen LogP contribution in [0.5, 0.6) is 0 Å². The van der Waals surface area contributed by atoms with Crippen molar-refractivity contribution in [3.63, 3.8) is 0 Å². The highest BCUT2D eigenvalue weighted by Gasteiger charge is 2.55. The molecular formula is C14H22N2O2. The molecule has 1 aliphatic heterocycles. The molecule has 0 bridgehead atoms. The second kappa shape index (κ2) is 4.25. The van der Waals surface area contributed by atoms with Crippen LogP contribution in [0.3, 0.4) is 0 Å². The van der Waals surface area contributed by atoms with E-state index in [0.29, 0.717) is 11.8 Å². The van der Waals surface area contributed by atoms with Crippen LogP contribution in [0.2, 0.25) is 0 Å². The maximum atomic E-state index is 12.2. The van der Waals surface area contributed by atoms with Gasteiger partial charge in [-0.2, -0.15) is 0 Å². The second-order valence-corrected chi connectivity index (χ2v) is 6.26. The van der Waals surface area contributed by atoms with E-state index in [4.69, 9.17) is 0 Å². The van der Waals surface area contributed by atoms with E-state index in [1.807, 2.05) is 11.8 Å². The average Bonchev–Trinajstić information content (AvgIpc) is 3.09. The lowest BCUT2D eigenvalue weighted by Crippen LogP contribution is -2.67. The van der Waals surface area contributed by atoms with Crippen LogP contribution in [0.15, 0.2) is 0 Å². The Bertz CT molecular complexity index is 372. The van der Waals surface area contributed by atoms with Crippen molar-refractivity contribution >= 4 is 11.8 Å². The number of hydrogen-bond acceptors (Lipinski definition) is 2. The van der Waals surface area contributed by atoms with Crippen molar-refractivity contribution in [3.05, 3.63) is 0 Å². The van der Waals surface area contributed by atoms with Crippen molar-refractivity contribution in [2.24, 2.45) is 11.8 Å². The van der Waals surface area contributed by atoms with Crippen LogP contribution in [0.4, 0.5) is 0 Å². The summed E-state index contributed by atoms with van der Waals surface area (Å²) in [6.07, 6.45) is 7.15. The van der Waals surface area contributed by atoms with Crippen molar-refractivity contribution < 1.29 is 9.59 Å². The summed E-state index contributed by atoms with van der Waals surface area (Å²) in [6.45, 7) is 2.94. The van der Waals surface area contributed by atoms with Gasteiger partial charge in [-0.3, -0.25) is 9.59 Å². The van der Waals surface area contributed by atoms with Crippen molar-refractivity contribution in [1.82, 2.24) is 10.2 Å². The number of nitrogens with zero attached hydrogens (tertiary/aromatic N) is 1. The number of nitrogens with one attached hydrogen (secondary N) is 1. The zero-order valence-electron chi connectivity index (χ0n) is 11.1. The Morgan fingerprint density at radius 3 is 2.50 bits per heavy atom. The number of piperazine rings is 1. The third kappa shape index (κ3) is 1.82. The zero-order valence-corrected chi connectivity index (χ0v) is 11.1. The number of amides is 2. The Morgan fingerprint density at radius 2 is 1.89 bits per heavy atom. The van der Waals surface area contributed by atoms with Gasteiger partial charge < -0.3 is 10.2 Å². The molecule has 0 radical (unpaired) electrons. The normalized spacial score (nSPS) is 33.9. The Labute approximate surface area is 108 Å². The van der Waals surface area contributed by atoms with E-state index < -0.39 is 5.54 Å². The van der Waals surface area contributed by atoms with Crippen LogP contribution in [0, 0.1) is 11.8 Å². The number of carbonyl (C=O) groups is 2. The lowest BCUT2D eigenvalue weighted by atomic mass is 9.88. The molecule has 1 unspecified atom stereocenters. The first kappa shape index (κ1) is 12.0. The van der Waals surface area contributed by atoms with Gasteiger partial charge in [-0.15, -0.1) is 0 Å². The van der Waals surface area contributed by atoms with Gasteiger partial charge >= 0.3 is 0 Å². The molecule has 2 amide bonds. The van der Waals surface area contributed by atoms with Crippen LogP contribution < -0.4 is 5.32 Å². The Balaban J connectivity index is 1.81. The summed E-state index contributed by atoms with van der Waals surface area (Å²) in [7, 11) is 0.